The van der Waals surface area contributed by atoms with Gasteiger partial charge < -0.3 is 20.4 Å². The number of carbonyl (C=O) groups is 1. The third kappa shape index (κ3) is 6.34. The van der Waals surface area contributed by atoms with Crippen LogP contribution < -0.4 is 16.0 Å². The van der Waals surface area contributed by atoms with Crippen LogP contribution in [0.15, 0.2) is 39.4 Å². The van der Waals surface area contributed by atoms with Gasteiger partial charge in [0.1, 0.15) is 6.17 Å². The molecule has 0 aliphatic rings. The Labute approximate surface area is 187 Å². The Hall–Kier alpha value is -0.410. The second kappa shape index (κ2) is 9.19. The average Bonchev–Trinajstić information content (AvgIpc) is 2.96. The summed E-state index contributed by atoms with van der Waals surface area (Å²) < 4.78 is 3.64. The Kier molecular flexibility index (Phi) is 7.73. The van der Waals surface area contributed by atoms with Crippen LogP contribution in [0.5, 0.6) is 0 Å². The fourth-order valence-electron chi connectivity index (χ4n) is 1.71. The maximum absolute atomic E-state index is 12.2. The van der Waals surface area contributed by atoms with Crippen molar-refractivity contribution in [3.63, 3.8) is 0 Å². The van der Waals surface area contributed by atoms with E-state index in [1.165, 1.54) is 6.07 Å². The minimum Gasteiger partial charge on any atom is -0.444 e. The zero-order chi connectivity index (χ0) is 19.5. The van der Waals surface area contributed by atoms with Crippen molar-refractivity contribution < 1.29 is 9.21 Å². The molecule has 26 heavy (non-hydrogen) atoms. The normalized spacial score (nSPS) is 12.4. The second-order valence-electron chi connectivity index (χ2n) is 4.78. The largest absolute Gasteiger partial charge is 0.444 e. The quantitative estimate of drug-likeness (QED) is 0.262. The van der Waals surface area contributed by atoms with E-state index in [0.717, 1.165) is 0 Å². The molecule has 0 bridgehead atoms. The van der Waals surface area contributed by atoms with Crippen LogP contribution in [-0.2, 0) is 0 Å². The highest BCUT2D eigenvalue weighted by molar-refractivity contribution is 9.10. The van der Waals surface area contributed by atoms with E-state index < -0.39 is 15.9 Å². The summed E-state index contributed by atoms with van der Waals surface area (Å²) in [6, 6.07) is 7.84. The predicted molar refractivity (Wildman–Crippen MR) is 114 cm³/mol. The summed E-state index contributed by atoms with van der Waals surface area (Å²) in [4.78, 5) is 12.2. The molecule has 3 N–H and O–H groups in total. The number of hydrogen-bond donors (Lipinski definition) is 3. The van der Waals surface area contributed by atoms with Crippen LogP contribution in [0.2, 0.25) is 10.0 Å². The van der Waals surface area contributed by atoms with Gasteiger partial charge in [0, 0.05) is 5.69 Å². The van der Waals surface area contributed by atoms with Gasteiger partial charge in [-0.15, -0.1) is 0 Å². The van der Waals surface area contributed by atoms with E-state index in [0.29, 0.717) is 20.4 Å². The first kappa shape index (κ1) is 21.9. The Balaban J connectivity index is 2.06. The molecule has 2 aromatic rings. The number of hydrogen-bond acceptors (Lipinski definition) is 3. The minimum absolute atomic E-state index is 0.0290. The number of anilines is 1. The molecule has 2 rings (SSSR count). The van der Waals surface area contributed by atoms with Gasteiger partial charge in [-0.2, -0.15) is 0 Å². The fourth-order valence-corrected chi connectivity index (χ4v) is 2.88. The summed E-state index contributed by atoms with van der Waals surface area (Å²) in [7, 11) is 0. The van der Waals surface area contributed by atoms with E-state index in [4.69, 9.17) is 74.6 Å². The molecule has 0 aliphatic carbocycles. The van der Waals surface area contributed by atoms with Crippen molar-refractivity contribution in [3.05, 3.63) is 50.8 Å². The van der Waals surface area contributed by atoms with Crippen molar-refractivity contribution in [2.24, 2.45) is 0 Å². The first-order chi connectivity index (χ1) is 12.1. The number of benzene rings is 1. The summed E-state index contributed by atoms with van der Waals surface area (Å²) in [5.41, 5.74) is 0.557. The van der Waals surface area contributed by atoms with Crippen LogP contribution in [0.4, 0.5) is 5.69 Å². The number of thiocarbonyl (C=S) groups is 1. The highest BCUT2D eigenvalue weighted by Gasteiger charge is 2.35. The Morgan fingerprint density at radius 1 is 1.12 bits per heavy atom. The summed E-state index contributed by atoms with van der Waals surface area (Å²) in [5.74, 6) is -0.571. The molecular weight excluding hydrogens is 531 g/mol. The number of nitrogens with one attached hydrogen (secondary N) is 3. The van der Waals surface area contributed by atoms with E-state index in [2.05, 4.69) is 31.9 Å². The molecule has 1 heterocycles. The molecule has 5 nitrogen and oxygen atoms in total. The maximum Gasteiger partial charge on any atom is 0.288 e. The van der Waals surface area contributed by atoms with Crippen molar-refractivity contribution in [3.8, 4) is 0 Å². The molecule has 1 amide bonds. The number of halogens is 6. The SMILES string of the molecule is O=C(N[C@H](NC(=S)Nc1ccc(Cl)c(Cl)c1)C(Cl)(Cl)Cl)c1ccc(Br)o1. The lowest BCUT2D eigenvalue weighted by Gasteiger charge is -2.27. The standard InChI is InChI=1S/C14H9BrCl5N3O2S/c15-10-4-3-9(25-10)11(24)22-12(14(18,19)20)23-13(26)21-6-1-2-7(16)8(17)5-6/h1-5,12H,(H,22,24)(H2,21,23,26)/t12-/m1/s1. The van der Waals surface area contributed by atoms with Crippen LogP contribution in [0, 0.1) is 0 Å². The Morgan fingerprint density at radius 3 is 2.35 bits per heavy atom. The van der Waals surface area contributed by atoms with E-state index in [1.807, 2.05) is 0 Å². The Morgan fingerprint density at radius 2 is 1.81 bits per heavy atom. The topological polar surface area (TPSA) is 66.3 Å². The summed E-state index contributed by atoms with van der Waals surface area (Å²) in [6.07, 6.45) is -1.15. The number of alkyl halides is 3. The van der Waals surface area contributed by atoms with Crippen molar-refractivity contribution in [1.82, 2.24) is 10.6 Å². The monoisotopic (exact) mass is 537 g/mol. The van der Waals surface area contributed by atoms with Crippen LogP contribution in [0.3, 0.4) is 0 Å². The van der Waals surface area contributed by atoms with Gasteiger partial charge in [0.15, 0.2) is 15.5 Å². The van der Waals surface area contributed by atoms with Crippen LogP contribution in [0.1, 0.15) is 10.6 Å². The van der Waals surface area contributed by atoms with Crippen molar-refractivity contribution in [2.45, 2.75) is 9.96 Å². The predicted octanol–water partition coefficient (Wildman–Crippen LogP) is 5.76. The third-order valence-corrected chi connectivity index (χ3v) is 4.89. The van der Waals surface area contributed by atoms with E-state index >= 15 is 0 Å². The van der Waals surface area contributed by atoms with E-state index in [-0.39, 0.29) is 10.9 Å². The molecular formula is C14H9BrCl5N3O2S. The van der Waals surface area contributed by atoms with Gasteiger partial charge in [0.05, 0.1) is 10.0 Å². The molecule has 0 spiro atoms. The van der Waals surface area contributed by atoms with Crippen molar-refractivity contribution in [2.75, 3.05) is 5.32 Å². The molecule has 0 radical (unpaired) electrons. The van der Waals surface area contributed by atoms with Gasteiger partial charge in [0.2, 0.25) is 3.79 Å². The number of furan rings is 1. The van der Waals surface area contributed by atoms with Gasteiger partial charge in [-0.3, -0.25) is 4.79 Å². The van der Waals surface area contributed by atoms with E-state index in [1.54, 1.807) is 24.3 Å². The third-order valence-electron chi connectivity index (χ3n) is 2.85. The van der Waals surface area contributed by atoms with Crippen molar-refractivity contribution >= 4 is 103 Å². The first-order valence-electron chi connectivity index (χ1n) is 6.72. The van der Waals surface area contributed by atoms with Crippen LogP contribution >= 0.6 is 86.2 Å². The first-order valence-corrected chi connectivity index (χ1v) is 9.81. The van der Waals surface area contributed by atoms with Crippen LogP contribution in [0.25, 0.3) is 0 Å². The van der Waals surface area contributed by atoms with Gasteiger partial charge in [0.25, 0.3) is 5.91 Å². The van der Waals surface area contributed by atoms with Gasteiger partial charge in [-0.05, 0) is 58.5 Å². The lowest BCUT2D eigenvalue weighted by Crippen LogP contribution is -2.56. The maximum atomic E-state index is 12.2. The van der Waals surface area contributed by atoms with Gasteiger partial charge in [-0.1, -0.05) is 58.0 Å². The zero-order valence-electron chi connectivity index (χ0n) is 12.5. The molecule has 140 valence electrons. The minimum atomic E-state index is -1.90. The van der Waals surface area contributed by atoms with E-state index in [9.17, 15) is 4.79 Å². The lowest BCUT2D eigenvalue weighted by molar-refractivity contribution is 0.0905. The number of amides is 1. The molecule has 1 aromatic carbocycles. The lowest BCUT2D eigenvalue weighted by atomic mass is 10.3. The second-order valence-corrected chi connectivity index (χ2v) is 9.15. The summed E-state index contributed by atoms with van der Waals surface area (Å²) in [6.45, 7) is 0. The highest BCUT2D eigenvalue weighted by Crippen LogP contribution is 2.30. The molecule has 12 heteroatoms. The molecule has 1 aromatic heterocycles. The number of rotatable bonds is 4. The number of carbonyl (C=O) groups excluding carboxylic acids is 1. The molecule has 0 unspecified atom stereocenters. The van der Waals surface area contributed by atoms with Gasteiger partial charge >= 0.3 is 0 Å². The fraction of sp³-hybridized carbons (Fsp3) is 0.143. The molecule has 0 saturated heterocycles. The highest BCUT2D eigenvalue weighted by atomic mass is 79.9. The summed E-state index contributed by atoms with van der Waals surface area (Å²) in [5, 5.41) is 8.87. The molecule has 0 aliphatic heterocycles. The van der Waals surface area contributed by atoms with Crippen LogP contribution in [-0.4, -0.2) is 21.0 Å². The Bertz CT molecular complexity index is 827. The smallest absolute Gasteiger partial charge is 0.288 e. The molecule has 1 atom stereocenters. The zero-order valence-corrected chi connectivity index (χ0v) is 18.6. The molecule has 0 fully saturated rings. The van der Waals surface area contributed by atoms with Gasteiger partial charge in [-0.25, -0.2) is 0 Å². The average molecular weight is 540 g/mol. The van der Waals surface area contributed by atoms with Crippen molar-refractivity contribution in [1.29, 1.82) is 0 Å². The molecule has 0 saturated carbocycles. The summed E-state index contributed by atoms with van der Waals surface area (Å²) >= 11 is 37.8.